The number of aliphatic hydroxyl groups is 4. The largest absolute Gasteiger partial charge is 0.394 e. The Morgan fingerprint density at radius 3 is 2.47 bits per heavy atom. The van der Waals surface area contributed by atoms with Gasteiger partial charge in [-0.3, -0.25) is 0 Å². The molecule has 0 spiro atoms. The third-order valence-electron chi connectivity index (χ3n) is 3.32. The Hall–Kier alpha value is -1.12. The minimum Gasteiger partial charge on any atom is -0.394 e. The Kier molecular flexibility index (Phi) is 3.59. The second-order valence-electron chi connectivity index (χ2n) is 4.50. The SMILES string of the molecule is Cc1c(F)ccc([C@]2(O)O[C@H](CO)[C@@H](O)[C@H]2O)c1F. The number of ether oxygens (including phenoxy) is 1. The number of halogens is 2. The van der Waals surface area contributed by atoms with Crippen LogP contribution in [0.25, 0.3) is 0 Å². The number of hydrogen-bond acceptors (Lipinski definition) is 5. The Labute approximate surface area is 107 Å². The van der Waals surface area contributed by atoms with E-state index in [-0.39, 0.29) is 5.56 Å². The van der Waals surface area contributed by atoms with E-state index in [0.717, 1.165) is 12.1 Å². The monoisotopic (exact) mass is 276 g/mol. The summed E-state index contributed by atoms with van der Waals surface area (Å²) in [7, 11) is 0. The van der Waals surface area contributed by atoms with Crippen molar-refractivity contribution in [1.82, 2.24) is 0 Å². The molecule has 4 atom stereocenters. The van der Waals surface area contributed by atoms with E-state index in [9.17, 15) is 24.1 Å². The molecule has 0 saturated carbocycles. The molecule has 1 aromatic rings. The summed E-state index contributed by atoms with van der Waals surface area (Å²) in [4.78, 5) is 0. The van der Waals surface area contributed by atoms with Crippen LogP contribution < -0.4 is 0 Å². The van der Waals surface area contributed by atoms with E-state index < -0.39 is 47.9 Å². The van der Waals surface area contributed by atoms with Crippen LogP contribution in [0.4, 0.5) is 8.78 Å². The van der Waals surface area contributed by atoms with E-state index in [1.54, 1.807) is 0 Å². The number of hydrogen-bond donors (Lipinski definition) is 4. The van der Waals surface area contributed by atoms with Crippen molar-refractivity contribution in [2.75, 3.05) is 6.61 Å². The van der Waals surface area contributed by atoms with Crippen molar-refractivity contribution < 1.29 is 33.9 Å². The zero-order valence-corrected chi connectivity index (χ0v) is 10.0. The second kappa shape index (κ2) is 4.77. The van der Waals surface area contributed by atoms with Crippen molar-refractivity contribution in [2.24, 2.45) is 0 Å². The third kappa shape index (κ3) is 2.03. The maximum Gasteiger partial charge on any atom is 0.225 e. The minimum atomic E-state index is -2.53. The lowest BCUT2D eigenvalue weighted by Gasteiger charge is -2.27. The standard InChI is InChI=1S/C12H14F2O5/c1-5-7(13)3-2-6(9(5)14)12(18)11(17)10(16)8(4-15)19-12/h2-3,8,10-11,15-18H,4H2,1H3/t8-,10-,11-,12+/m1/s1. The summed E-state index contributed by atoms with van der Waals surface area (Å²) in [5.41, 5.74) is -0.836. The molecule has 0 unspecified atom stereocenters. The van der Waals surface area contributed by atoms with Crippen LogP contribution in [0, 0.1) is 18.6 Å². The molecule has 106 valence electrons. The van der Waals surface area contributed by atoms with E-state index >= 15 is 0 Å². The van der Waals surface area contributed by atoms with Gasteiger partial charge in [-0.1, -0.05) is 0 Å². The summed E-state index contributed by atoms with van der Waals surface area (Å²) in [6.45, 7) is 0.501. The molecule has 1 fully saturated rings. The highest BCUT2D eigenvalue weighted by Crippen LogP contribution is 2.39. The van der Waals surface area contributed by atoms with Crippen LogP contribution >= 0.6 is 0 Å². The molecule has 7 heteroatoms. The van der Waals surface area contributed by atoms with Crippen LogP contribution in [-0.2, 0) is 10.5 Å². The van der Waals surface area contributed by atoms with Gasteiger partial charge in [0.15, 0.2) is 0 Å². The first-order chi connectivity index (χ1) is 8.82. The maximum absolute atomic E-state index is 14.0. The van der Waals surface area contributed by atoms with Gasteiger partial charge in [-0.2, -0.15) is 0 Å². The third-order valence-corrected chi connectivity index (χ3v) is 3.32. The quantitative estimate of drug-likeness (QED) is 0.586. The van der Waals surface area contributed by atoms with Crippen LogP contribution in [0.1, 0.15) is 11.1 Å². The van der Waals surface area contributed by atoms with E-state index in [1.165, 1.54) is 6.92 Å². The fourth-order valence-corrected chi connectivity index (χ4v) is 2.11. The van der Waals surface area contributed by atoms with Gasteiger partial charge in [-0.05, 0) is 19.1 Å². The van der Waals surface area contributed by atoms with Gasteiger partial charge in [0, 0.05) is 11.1 Å². The number of benzene rings is 1. The number of rotatable bonds is 2. The highest BCUT2D eigenvalue weighted by Gasteiger charge is 2.55. The van der Waals surface area contributed by atoms with Gasteiger partial charge in [0.2, 0.25) is 5.79 Å². The molecule has 1 aromatic carbocycles. The Balaban J connectivity index is 2.49. The Morgan fingerprint density at radius 2 is 1.95 bits per heavy atom. The van der Waals surface area contributed by atoms with Gasteiger partial charge in [0.05, 0.1) is 6.61 Å². The normalized spacial score (nSPS) is 34.8. The molecule has 1 heterocycles. The first kappa shape index (κ1) is 14.3. The van der Waals surface area contributed by atoms with Gasteiger partial charge in [0.25, 0.3) is 0 Å². The highest BCUT2D eigenvalue weighted by atomic mass is 19.1. The smallest absolute Gasteiger partial charge is 0.225 e. The summed E-state index contributed by atoms with van der Waals surface area (Å²) in [5.74, 6) is -4.42. The van der Waals surface area contributed by atoms with Crippen LogP contribution in [0.3, 0.4) is 0 Å². The second-order valence-corrected chi connectivity index (χ2v) is 4.50. The van der Waals surface area contributed by atoms with Crippen molar-refractivity contribution in [1.29, 1.82) is 0 Å². The molecule has 1 aliphatic rings. The van der Waals surface area contributed by atoms with Crippen LogP contribution in [-0.4, -0.2) is 45.3 Å². The topological polar surface area (TPSA) is 90.2 Å². The minimum absolute atomic E-state index is 0.344. The molecule has 0 aromatic heterocycles. The van der Waals surface area contributed by atoms with Crippen LogP contribution in [0.5, 0.6) is 0 Å². The van der Waals surface area contributed by atoms with Gasteiger partial charge in [-0.25, -0.2) is 8.78 Å². The van der Waals surface area contributed by atoms with Crippen LogP contribution in [0.2, 0.25) is 0 Å². The average molecular weight is 276 g/mol. The van der Waals surface area contributed by atoms with E-state index in [1.807, 2.05) is 0 Å². The molecule has 0 radical (unpaired) electrons. The van der Waals surface area contributed by atoms with Gasteiger partial charge >= 0.3 is 0 Å². The summed E-state index contributed by atoms with van der Waals surface area (Å²) >= 11 is 0. The van der Waals surface area contributed by atoms with Crippen LogP contribution in [0.15, 0.2) is 12.1 Å². The summed E-state index contributed by atoms with van der Waals surface area (Å²) in [6, 6.07) is 1.84. The molecule has 1 saturated heterocycles. The molecule has 19 heavy (non-hydrogen) atoms. The van der Waals surface area contributed by atoms with Crippen molar-refractivity contribution in [2.45, 2.75) is 31.0 Å². The molecule has 2 rings (SSSR count). The lowest BCUT2D eigenvalue weighted by Crippen LogP contribution is -2.41. The molecule has 0 amide bonds. The van der Waals surface area contributed by atoms with Crippen molar-refractivity contribution in [3.05, 3.63) is 34.9 Å². The molecule has 1 aliphatic heterocycles. The zero-order valence-electron chi connectivity index (χ0n) is 10.0. The molecule has 4 N–H and O–H groups in total. The fraction of sp³-hybridized carbons (Fsp3) is 0.500. The molecule has 0 aliphatic carbocycles. The van der Waals surface area contributed by atoms with Gasteiger partial charge in [-0.15, -0.1) is 0 Å². The predicted molar refractivity (Wildman–Crippen MR) is 59.0 cm³/mol. The lowest BCUT2D eigenvalue weighted by atomic mass is 9.95. The maximum atomic E-state index is 14.0. The molecule has 0 bridgehead atoms. The summed E-state index contributed by atoms with van der Waals surface area (Å²) in [6.07, 6.45) is -4.70. The predicted octanol–water partition coefficient (Wildman–Crippen LogP) is -0.469. The summed E-state index contributed by atoms with van der Waals surface area (Å²) in [5, 5.41) is 38.5. The van der Waals surface area contributed by atoms with Crippen molar-refractivity contribution >= 4 is 0 Å². The van der Waals surface area contributed by atoms with Crippen molar-refractivity contribution in [3.63, 3.8) is 0 Å². The molecule has 5 nitrogen and oxygen atoms in total. The summed E-state index contributed by atoms with van der Waals surface area (Å²) < 4.78 is 32.1. The fourth-order valence-electron chi connectivity index (χ4n) is 2.11. The zero-order chi connectivity index (χ0) is 14.4. The number of aliphatic hydroxyl groups excluding tert-OH is 3. The Bertz CT molecular complexity index is 495. The highest BCUT2D eigenvalue weighted by molar-refractivity contribution is 5.31. The van der Waals surface area contributed by atoms with E-state index in [2.05, 4.69) is 0 Å². The Morgan fingerprint density at radius 1 is 1.32 bits per heavy atom. The van der Waals surface area contributed by atoms with Crippen molar-refractivity contribution in [3.8, 4) is 0 Å². The van der Waals surface area contributed by atoms with E-state index in [0.29, 0.717) is 0 Å². The van der Waals surface area contributed by atoms with Gasteiger partial charge < -0.3 is 25.2 Å². The van der Waals surface area contributed by atoms with E-state index in [4.69, 9.17) is 9.84 Å². The molecular formula is C12H14F2O5. The first-order valence-electron chi connectivity index (χ1n) is 5.65. The van der Waals surface area contributed by atoms with Gasteiger partial charge in [0.1, 0.15) is 29.9 Å². The lowest BCUT2D eigenvalue weighted by molar-refractivity contribution is -0.241. The molecular weight excluding hydrogens is 262 g/mol. The average Bonchev–Trinajstić information content (AvgIpc) is 2.61. The first-order valence-corrected chi connectivity index (χ1v) is 5.65.